The summed E-state index contributed by atoms with van der Waals surface area (Å²) >= 11 is 6.27. The van der Waals surface area contributed by atoms with Gasteiger partial charge in [-0.15, -0.1) is 0 Å². The second kappa shape index (κ2) is 6.31. The average Bonchev–Trinajstić information content (AvgIpc) is 2.38. The van der Waals surface area contributed by atoms with Gasteiger partial charge in [-0.25, -0.2) is 0 Å². The van der Waals surface area contributed by atoms with E-state index < -0.39 is 11.7 Å². The van der Waals surface area contributed by atoms with E-state index in [2.05, 4.69) is 0 Å². The smallest absolute Gasteiger partial charge is 0.0865 e. The Morgan fingerprint density at radius 3 is 2.60 bits per heavy atom. The molecule has 0 saturated carbocycles. The molecule has 1 aliphatic rings. The second-order valence-corrected chi connectivity index (χ2v) is 5.99. The minimum absolute atomic E-state index is 0.518. The van der Waals surface area contributed by atoms with E-state index in [-0.39, 0.29) is 0 Å². The van der Waals surface area contributed by atoms with Crippen molar-refractivity contribution in [1.82, 2.24) is 0 Å². The first kappa shape index (κ1) is 15.6. The summed E-state index contributed by atoms with van der Waals surface area (Å²) in [5, 5.41) is 20.7. The molecule has 1 aliphatic heterocycles. The van der Waals surface area contributed by atoms with Crippen molar-refractivity contribution in [3.05, 3.63) is 28.8 Å². The molecule has 0 amide bonds. The summed E-state index contributed by atoms with van der Waals surface area (Å²) < 4.78 is 5.29. The predicted octanol–water partition coefficient (Wildman–Crippen LogP) is 2.37. The van der Waals surface area contributed by atoms with Gasteiger partial charge < -0.3 is 19.8 Å². The number of rotatable bonds is 4. The van der Waals surface area contributed by atoms with Crippen LogP contribution in [0.25, 0.3) is 0 Å². The van der Waals surface area contributed by atoms with Crippen LogP contribution in [0.3, 0.4) is 0 Å². The fraction of sp³-hybridized carbons (Fsp3) is 0.600. The lowest BCUT2D eigenvalue weighted by Gasteiger charge is -2.36. The van der Waals surface area contributed by atoms with Crippen LogP contribution in [0.5, 0.6) is 0 Å². The Hall–Kier alpha value is -0.810. The fourth-order valence-electron chi connectivity index (χ4n) is 2.53. The molecule has 0 radical (unpaired) electrons. The van der Waals surface area contributed by atoms with Gasteiger partial charge in [0, 0.05) is 39.6 Å². The van der Waals surface area contributed by atoms with Crippen LogP contribution in [0, 0.1) is 0 Å². The average molecular weight is 300 g/mol. The molecule has 0 aliphatic carbocycles. The maximum absolute atomic E-state index is 10.5. The van der Waals surface area contributed by atoms with Crippen molar-refractivity contribution in [2.75, 3.05) is 31.7 Å². The Labute approximate surface area is 124 Å². The molecule has 112 valence electrons. The maximum Gasteiger partial charge on any atom is 0.0865 e. The van der Waals surface area contributed by atoms with Crippen LogP contribution in [0.2, 0.25) is 5.02 Å². The number of likely N-dealkylation sites (N-methyl/N-ethyl adjacent to an activating group) is 1. The van der Waals surface area contributed by atoms with E-state index in [1.54, 1.807) is 13.0 Å². The maximum atomic E-state index is 10.5. The number of anilines is 1. The third kappa shape index (κ3) is 3.64. The van der Waals surface area contributed by atoms with Crippen molar-refractivity contribution in [3.8, 4) is 0 Å². The molecule has 5 heteroatoms. The van der Waals surface area contributed by atoms with E-state index >= 15 is 0 Å². The molecule has 1 saturated heterocycles. The Kier molecular flexibility index (Phi) is 4.91. The summed E-state index contributed by atoms with van der Waals surface area (Å²) in [6, 6.07) is 5.51. The number of hydrogen-bond donors (Lipinski definition) is 2. The molecule has 0 unspecified atom stereocenters. The zero-order chi connectivity index (χ0) is 14.8. The summed E-state index contributed by atoms with van der Waals surface area (Å²) in [6.45, 7) is 3.42. The van der Waals surface area contributed by atoms with Gasteiger partial charge in [-0.05, 0) is 24.6 Å². The molecular formula is C15H22ClNO3. The van der Waals surface area contributed by atoms with Crippen LogP contribution in [0.1, 0.15) is 31.4 Å². The highest BCUT2D eigenvalue weighted by atomic mass is 35.5. The second-order valence-electron chi connectivity index (χ2n) is 5.58. The standard InChI is InChI=1S/C15H22ClNO3/c1-11(18)12-3-4-14(13(16)9-12)17(2)10-15(19)5-7-20-8-6-15/h3-4,9,11,18-19H,5-8,10H2,1-2H3/t11-/m1/s1. The van der Waals surface area contributed by atoms with E-state index in [1.165, 1.54) is 0 Å². The molecule has 1 fully saturated rings. The summed E-state index contributed by atoms with van der Waals surface area (Å²) in [4.78, 5) is 1.96. The normalized spacial score (nSPS) is 19.6. The Bertz CT molecular complexity index is 458. The number of hydrogen-bond acceptors (Lipinski definition) is 4. The summed E-state index contributed by atoms with van der Waals surface area (Å²) in [5.74, 6) is 0. The van der Waals surface area contributed by atoms with Gasteiger partial charge in [0.25, 0.3) is 0 Å². The van der Waals surface area contributed by atoms with Crippen LogP contribution >= 0.6 is 11.6 Å². The topological polar surface area (TPSA) is 52.9 Å². The van der Waals surface area contributed by atoms with Gasteiger partial charge in [0.1, 0.15) is 0 Å². The van der Waals surface area contributed by atoms with Crippen molar-refractivity contribution in [2.24, 2.45) is 0 Å². The number of halogens is 1. The molecule has 1 heterocycles. The minimum atomic E-state index is -0.723. The first-order valence-electron chi connectivity index (χ1n) is 6.90. The fourth-order valence-corrected chi connectivity index (χ4v) is 2.86. The van der Waals surface area contributed by atoms with Gasteiger partial charge in [0.15, 0.2) is 0 Å². The number of nitrogens with zero attached hydrogens (tertiary/aromatic N) is 1. The van der Waals surface area contributed by atoms with Crippen molar-refractivity contribution >= 4 is 17.3 Å². The van der Waals surface area contributed by atoms with Crippen LogP contribution in [-0.2, 0) is 4.74 Å². The molecule has 0 bridgehead atoms. The first-order chi connectivity index (χ1) is 9.41. The quantitative estimate of drug-likeness (QED) is 0.896. The molecule has 0 aromatic heterocycles. The highest BCUT2D eigenvalue weighted by Gasteiger charge is 2.31. The number of aliphatic hydroxyl groups is 2. The molecule has 2 N–H and O–H groups in total. The van der Waals surface area contributed by atoms with E-state index in [0.29, 0.717) is 37.6 Å². The Balaban J connectivity index is 2.10. The lowest BCUT2D eigenvalue weighted by atomic mass is 9.93. The molecule has 2 rings (SSSR count). The molecule has 1 atom stereocenters. The molecule has 1 aromatic carbocycles. The Morgan fingerprint density at radius 2 is 2.05 bits per heavy atom. The van der Waals surface area contributed by atoms with E-state index in [4.69, 9.17) is 16.3 Å². The highest BCUT2D eigenvalue weighted by molar-refractivity contribution is 6.33. The highest BCUT2D eigenvalue weighted by Crippen LogP contribution is 2.30. The van der Waals surface area contributed by atoms with E-state index in [9.17, 15) is 10.2 Å². The Morgan fingerprint density at radius 1 is 1.40 bits per heavy atom. The molecular weight excluding hydrogens is 278 g/mol. The summed E-state index contributed by atoms with van der Waals surface area (Å²) in [6.07, 6.45) is 0.744. The largest absolute Gasteiger partial charge is 0.389 e. The number of benzene rings is 1. The van der Waals surface area contributed by atoms with E-state index in [1.807, 2.05) is 24.1 Å². The van der Waals surface area contributed by atoms with Crippen LogP contribution in [0.4, 0.5) is 5.69 Å². The van der Waals surface area contributed by atoms with Gasteiger partial charge >= 0.3 is 0 Å². The number of ether oxygens (including phenoxy) is 1. The molecule has 20 heavy (non-hydrogen) atoms. The van der Waals surface area contributed by atoms with Crippen molar-refractivity contribution in [1.29, 1.82) is 0 Å². The lowest BCUT2D eigenvalue weighted by molar-refractivity contribution is -0.0572. The third-order valence-corrected chi connectivity index (χ3v) is 4.12. The molecule has 1 aromatic rings. The van der Waals surface area contributed by atoms with Crippen molar-refractivity contribution in [2.45, 2.75) is 31.5 Å². The molecule has 4 nitrogen and oxygen atoms in total. The summed E-state index contributed by atoms with van der Waals surface area (Å²) in [5.41, 5.74) is 0.923. The van der Waals surface area contributed by atoms with Crippen molar-refractivity contribution in [3.63, 3.8) is 0 Å². The SMILES string of the molecule is C[C@@H](O)c1ccc(N(C)CC2(O)CCOCC2)c(Cl)c1. The van der Waals surface area contributed by atoms with Crippen LogP contribution < -0.4 is 4.90 Å². The first-order valence-corrected chi connectivity index (χ1v) is 7.28. The van der Waals surface area contributed by atoms with E-state index in [0.717, 1.165) is 11.3 Å². The summed E-state index contributed by atoms with van der Waals surface area (Å²) in [7, 11) is 1.91. The number of aliphatic hydroxyl groups excluding tert-OH is 1. The zero-order valence-corrected chi connectivity index (χ0v) is 12.7. The van der Waals surface area contributed by atoms with Gasteiger partial charge in [-0.2, -0.15) is 0 Å². The van der Waals surface area contributed by atoms with Gasteiger partial charge in [0.05, 0.1) is 22.4 Å². The molecule has 0 spiro atoms. The lowest BCUT2D eigenvalue weighted by Crippen LogP contribution is -2.45. The van der Waals surface area contributed by atoms with Crippen LogP contribution in [0.15, 0.2) is 18.2 Å². The third-order valence-electron chi connectivity index (χ3n) is 3.82. The van der Waals surface area contributed by atoms with Crippen molar-refractivity contribution < 1.29 is 14.9 Å². The monoisotopic (exact) mass is 299 g/mol. The predicted molar refractivity (Wildman–Crippen MR) is 80.4 cm³/mol. The van der Waals surface area contributed by atoms with Gasteiger partial charge in [-0.1, -0.05) is 17.7 Å². The van der Waals surface area contributed by atoms with Crippen LogP contribution in [-0.4, -0.2) is 42.6 Å². The van der Waals surface area contributed by atoms with Gasteiger partial charge in [-0.3, -0.25) is 0 Å². The zero-order valence-electron chi connectivity index (χ0n) is 12.0. The van der Waals surface area contributed by atoms with Gasteiger partial charge in [0.2, 0.25) is 0 Å². The minimum Gasteiger partial charge on any atom is -0.389 e.